The molecule has 9 heteroatoms. The van der Waals surface area contributed by atoms with E-state index in [-0.39, 0.29) is 16.9 Å². The van der Waals surface area contributed by atoms with Crippen LogP contribution in [0.2, 0.25) is 0 Å². The third kappa shape index (κ3) is 2.59. The minimum absolute atomic E-state index is 0.127. The number of fused-ring (bicyclic) bond motifs is 4. The minimum atomic E-state index is -1.33. The molecule has 2 saturated heterocycles. The predicted octanol–water partition coefficient (Wildman–Crippen LogP) is 3.52. The van der Waals surface area contributed by atoms with Crippen LogP contribution in [0.25, 0.3) is 0 Å². The maximum absolute atomic E-state index is 13.5. The molecule has 31 heavy (non-hydrogen) atoms. The van der Waals surface area contributed by atoms with Crippen LogP contribution in [0.5, 0.6) is 11.5 Å². The molecule has 2 fully saturated rings. The topological polar surface area (TPSA) is 93.9 Å². The number of benzene rings is 2. The van der Waals surface area contributed by atoms with Crippen LogP contribution in [-0.4, -0.2) is 48.6 Å². The number of ether oxygens (including phenoxy) is 2. The molecule has 0 saturated carbocycles. The molecule has 4 atom stereocenters. The van der Waals surface area contributed by atoms with E-state index in [2.05, 4.69) is 26.1 Å². The number of halogens is 1. The number of para-hydroxylation sites is 1. The van der Waals surface area contributed by atoms with E-state index in [1.807, 2.05) is 30.3 Å². The maximum Gasteiger partial charge on any atom is 0.256 e. The van der Waals surface area contributed by atoms with Gasteiger partial charge in [0.15, 0.2) is 17.0 Å². The van der Waals surface area contributed by atoms with Gasteiger partial charge in [-0.15, -0.1) is 0 Å². The molecule has 1 N–H and O–H groups in total. The summed E-state index contributed by atoms with van der Waals surface area (Å²) in [5, 5.41) is 15.5. The van der Waals surface area contributed by atoms with Crippen molar-refractivity contribution in [2.45, 2.75) is 36.4 Å². The molecule has 1 amide bonds. The minimum Gasteiger partial charge on any atom is -0.493 e. The molecular formula is C22H22BrN3O5. The summed E-state index contributed by atoms with van der Waals surface area (Å²) in [4.78, 5) is 27.9. The Morgan fingerprint density at radius 2 is 2.03 bits per heavy atom. The van der Waals surface area contributed by atoms with Gasteiger partial charge in [-0.2, -0.15) is 0 Å². The van der Waals surface area contributed by atoms with Crippen molar-refractivity contribution in [1.29, 1.82) is 0 Å². The first kappa shape index (κ1) is 20.3. The van der Waals surface area contributed by atoms with Crippen molar-refractivity contribution in [3.05, 3.63) is 62.1 Å². The number of carbonyl (C=O) groups excluding carboxylic acids is 1. The van der Waals surface area contributed by atoms with Crippen molar-refractivity contribution in [3.8, 4) is 11.5 Å². The van der Waals surface area contributed by atoms with Crippen LogP contribution < -0.4 is 14.8 Å². The van der Waals surface area contributed by atoms with Crippen molar-refractivity contribution in [1.82, 2.24) is 4.90 Å². The molecule has 8 nitrogen and oxygen atoms in total. The number of hydrogen-bond acceptors (Lipinski definition) is 6. The average molecular weight is 488 g/mol. The second kappa shape index (κ2) is 7.20. The van der Waals surface area contributed by atoms with Crippen LogP contribution in [0, 0.1) is 10.1 Å². The third-order valence-corrected chi connectivity index (χ3v) is 7.52. The van der Waals surface area contributed by atoms with Crippen molar-refractivity contribution >= 4 is 27.5 Å². The zero-order valence-electron chi connectivity index (χ0n) is 17.1. The number of nitro groups is 1. The van der Waals surface area contributed by atoms with Gasteiger partial charge < -0.3 is 14.8 Å². The number of anilines is 1. The van der Waals surface area contributed by atoms with Gasteiger partial charge in [0.1, 0.15) is 0 Å². The summed E-state index contributed by atoms with van der Waals surface area (Å²) in [6.07, 6.45) is 1.68. The van der Waals surface area contributed by atoms with E-state index in [1.54, 1.807) is 13.2 Å². The van der Waals surface area contributed by atoms with Gasteiger partial charge in [-0.3, -0.25) is 19.8 Å². The molecule has 2 aromatic carbocycles. The van der Waals surface area contributed by atoms with E-state index in [0.717, 1.165) is 18.4 Å². The quantitative estimate of drug-likeness (QED) is 0.523. The predicted molar refractivity (Wildman–Crippen MR) is 117 cm³/mol. The zero-order chi connectivity index (χ0) is 21.9. The van der Waals surface area contributed by atoms with Crippen molar-refractivity contribution in [2.75, 3.05) is 26.1 Å². The van der Waals surface area contributed by atoms with Crippen LogP contribution in [-0.2, 0) is 10.3 Å². The van der Waals surface area contributed by atoms with E-state index in [1.165, 1.54) is 7.11 Å². The molecule has 162 valence electrons. The Kier molecular flexibility index (Phi) is 4.71. The summed E-state index contributed by atoms with van der Waals surface area (Å²) < 4.78 is 11.6. The Morgan fingerprint density at radius 3 is 2.74 bits per heavy atom. The largest absolute Gasteiger partial charge is 0.493 e. The lowest BCUT2D eigenvalue weighted by Crippen LogP contribution is -2.55. The number of methoxy groups -OCH3 is 2. The fourth-order valence-corrected chi connectivity index (χ4v) is 6.53. The molecule has 0 unspecified atom stereocenters. The van der Waals surface area contributed by atoms with E-state index >= 15 is 0 Å². The zero-order valence-corrected chi connectivity index (χ0v) is 18.7. The summed E-state index contributed by atoms with van der Waals surface area (Å²) in [5.41, 5.74) is 0.776. The molecule has 3 aliphatic rings. The van der Waals surface area contributed by atoms with Crippen molar-refractivity contribution in [2.24, 2.45) is 0 Å². The van der Waals surface area contributed by atoms with E-state index in [4.69, 9.17) is 9.47 Å². The third-order valence-electron chi connectivity index (χ3n) is 6.93. The number of hydrogen-bond donors (Lipinski definition) is 1. The number of rotatable bonds is 4. The molecule has 1 spiro atoms. The molecule has 0 aliphatic carbocycles. The molecule has 3 heterocycles. The summed E-state index contributed by atoms with van der Waals surface area (Å²) in [6.45, 7) is 0.641. The fourth-order valence-electron chi connectivity index (χ4n) is 5.91. The lowest BCUT2D eigenvalue weighted by Gasteiger charge is -2.32. The van der Waals surface area contributed by atoms with E-state index < -0.39 is 17.5 Å². The summed E-state index contributed by atoms with van der Waals surface area (Å²) in [6, 6.07) is 9.72. The molecule has 0 aromatic heterocycles. The molecule has 5 rings (SSSR count). The normalized spacial score (nSPS) is 29.0. The fraction of sp³-hybridized carbons (Fsp3) is 0.409. The van der Waals surface area contributed by atoms with Gasteiger partial charge in [-0.1, -0.05) is 18.2 Å². The summed E-state index contributed by atoms with van der Waals surface area (Å²) in [7, 11) is 3.09. The number of nitrogens with zero attached hydrogens (tertiary/aromatic N) is 2. The van der Waals surface area contributed by atoms with Gasteiger partial charge in [0.25, 0.3) is 11.9 Å². The number of nitrogens with one attached hydrogen (secondary N) is 1. The van der Waals surface area contributed by atoms with Gasteiger partial charge in [0.05, 0.1) is 24.6 Å². The number of carbonyl (C=O) groups is 1. The Hall–Kier alpha value is -2.65. The van der Waals surface area contributed by atoms with Gasteiger partial charge in [0.2, 0.25) is 0 Å². The van der Waals surface area contributed by atoms with E-state index in [9.17, 15) is 14.9 Å². The van der Waals surface area contributed by atoms with Crippen LogP contribution in [0.15, 0.2) is 40.9 Å². The summed E-state index contributed by atoms with van der Waals surface area (Å²) >= 11 is 3.52. The first-order chi connectivity index (χ1) is 14.9. The Labute approximate surface area is 187 Å². The highest BCUT2D eigenvalue weighted by Gasteiger charge is 2.73. The second-order valence-electron chi connectivity index (χ2n) is 8.16. The monoisotopic (exact) mass is 487 g/mol. The average Bonchev–Trinajstić information content (AvgIpc) is 3.40. The lowest BCUT2D eigenvalue weighted by molar-refractivity contribution is -0.534. The number of amides is 1. The molecule has 3 aliphatic heterocycles. The van der Waals surface area contributed by atoms with Crippen LogP contribution in [0.1, 0.15) is 29.9 Å². The second-order valence-corrected chi connectivity index (χ2v) is 9.02. The van der Waals surface area contributed by atoms with Gasteiger partial charge in [0, 0.05) is 28.8 Å². The van der Waals surface area contributed by atoms with Gasteiger partial charge >= 0.3 is 0 Å². The van der Waals surface area contributed by atoms with Crippen LogP contribution in [0.4, 0.5) is 5.69 Å². The van der Waals surface area contributed by atoms with E-state index in [0.29, 0.717) is 33.8 Å². The van der Waals surface area contributed by atoms with Crippen LogP contribution >= 0.6 is 15.9 Å². The first-order valence-electron chi connectivity index (χ1n) is 10.2. The smallest absolute Gasteiger partial charge is 0.256 e. The standard InChI is InChI=1S/C22H22BrN3O5/c1-30-17-11-12(10-14(23)19(17)31-2)18-16-8-5-9-25(16)22(20(18)26(28)29)13-6-3-4-7-15(13)24-21(22)27/h3-4,6-7,10-11,16,18,20H,5,8-9H2,1-2H3,(H,24,27)/t16-,18+,20+,22+/m0/s1. The molecule has 0 bridgehead atoms. The Bertz CT molecular complexity index is 1090. The van der Waals surface area contributed by atoms with Crippen molar-refractivity contribution in [3.63, 3.8) is 0 Å². The highest BCUT2D eigenvalue weighted by Crippen LogP contribution is 2.58. The molecule has 2 aromatic rings. The highest BCUT2D eigenvalue weighted by atomic mass is 79.9. The maximum atomic E-state index is 13.5. The SMILES string of the molecule is COc1cc([C@@H]2[C@@H]3CCCN3[C@@]3(C(=O)Nc4ccccc43)[C@@H]2[N+](=O)[O-])cc(Br)c1OC. The van der Waals surface area contributed by atoms with Gasteiger partial charge in [-0.25, -0.2) is 0 Å². The molecule has 0 radical (unpaired) electrons. The lowest BCUT2D eigenvalue weighted by atomic mass is 9.77. The van der Waals surface area contributed by atoms with Crippen molar-refractivity contribution < 1.29 is 19.2 Å². The Balaban J connectivity index is 1.75. The molecular weight excluding hydrogens is 466 g/mol. The Morgan fingerprint density at radius 1 is 1.26 bits per heavy atom. The first-order valence-corrected chi connectivity index (χ1v) is 11.0. The van der Waals surface area contributed by atoms with Gasteiger partial charge in [-0.05, 0) is 52.5 Å². The summed E-state index contributed by atoms with van der Waals surface area (Å²) in [5.74, 6) is 0.231. The van der Waals surface area contributed by atoms with Crippen LogP contribution in [0.3, 0.4) is 0 Å². The highest BCUT2D eigenvalue weighted by molar-refractivity contribution is 9.10.